The summed E-state index contributed by atoms with van der Waals surface area (Å²) < 4.78 is 12.2. The van der Waals surface area contributed by atoms with Crippen LogP contribution < -0.4 is 20.5 Å². The topological polar surface area (TPSA) is 106 Å². The number of carbonyl (C=O) groups excluding carboxylic acids is 2. The van der Waals surface area contributed by atoms with Crippen molar-refractivity contribution in [2.24, 2.45) is 10.7 Å². The van der Waals surface area contributed by atoms with Gasteiger partial charge < -0.3 is 20.5 Å². The van der Waals surface area contributed by atoms with Crippen LogP contribution in [0.5, 0.6) is 11.5 Å². The molecule has 0 aromatic heterocycles. The number of carbonyl (C=O) groups is 2. The minimum Gasteiger partial charge on any atom is -0.493 e. The number of amides is 2. The molecule has 2 amide bonds. The first-order chi connectivity index (χ1) is 18.8. The third-order valence-electron chi connectivity index (χ3n) is 7.92. The van der Waals surface area contributed by atoms with Gasteiger partial charge in [0.15, 0.2) is 5.96 Å². The third kappa shape index (κ3) is 5.47. The SMILES string of the molecule is CC.CC1(C)CC2NC(=O)c3ccc4c(c3)[C@@H](CCO4)N3C(=O)CC(CCCCc4ccc(c2c4)O1)N=C3N. The number of benzene rings is 2. The normalized spacial score (nSPS) is 25.5. The van der Waals surface area contributed by atoms with Crippen LogP contribution in [0.15, 0.2) is 41.4 Å². The fourth-order valence-corrected chi connectivity index (χ4v) is 6.15. The maximum absolute atomic E-state index is 13.6. The summed E-state index contributed by atoms with van der Waals surface area (Å²) in [6, 6.07) is 11.2. The largest absolute Gasteiger partial charge is 0.493 e. The first-order valence-electron chi connectivity index (χ1n) is 14.3. The number of hydrogen-bond acceptors (Lipinski definition) is 6. The van der Waals surface area contributed by atoms with E-state index in [2.05, 4.69) is 31.3 Å². The molecule has 8 heteroatoms. The van der Waals surface area contributed by atoms with E-state index in [1.54, 1.807) is 11.0 Å². The van der Waals surface area contributed by atoms with Gasteiger partial charge in [0, 0.05) is 36.0 Å². The van der Waals surface area contributed by atoms with E-state index in [-0.39, 0.29) is 35.9 Å². The van der Waals surface area contributed by atoms with E-state index in [9.17, 15) is 9.59 Å². The highest BCUT2D eigenvalue weighted by Crippen LogP contribution is 2.41. The molecule has 0 saturated carbocycles. The molecule has 3 atom stereocenters. The van der Waals surface area contributed by atoms with Crippen LogP contribution in [0.1, 0.15) is 105 Å². The van der Waals surface area contributed by atoms with Gasteiger partial charge in [0.2, 0.25) is 5.91 Å². The Morgan fingerprint density at radius 3 is 2.62 bits per heavy atom. The van der Waals surface area contributed by atoms with Crippen molar-refractivity contribution in [3.05, 3.63) is 58.7 Å². The highest BCUT2D eigenvalue weighted by atomic mass is 16.5. The van der Waals surface area contributed by atoms with E-state index in [4.69, 9.17) is 20.2 Å². The van der Waals surface area contributed by atoms with Gasteiger partial charge in [0.25, 0.3) is 5.91 Å². The number of nitrogens with one attached hydrogen (secondary N) is 1. The molecule has 2 unspecified atom stereocenters. The lowest BCUT2D eigenvalue weighted by Crippen LogP contribution is -2.50. The number of aliphatic imine (C=N–C) groups is 1. The molecular formula is C31H40N4O4. The molecule has 7 rings (SSSR count). The molecule has 0 aliphatic carbocycles. The van der Waals surface area contributed by atoms with Gasteiger partial charge in [-0.25, -0.2) is 4.99 Å². The second-order valence-corrected chi connectivity index (χ2v) is 11.2. The number of nitrogens with two attached hydrogens (primary N) is 1. The number of rotatable bonds is 0. The zero-order valence-electron chi connectivity index (χ0n) is 23.5. The summed E-state index contributed by atoms with van der Waals surface area (Å²) in [5.74, 6) is 1.58. The predicted molar refractivity (Wildman–Crippen MR) is 151 cm³/mol. The molecule has 3 N–H and O–H groups in total. The molecule has 5 heterocycles. The van der Waals surface area contributed by atoms with Crippen molar-refractivity contribution < 1.29 is 19.1 Å². The van der Waals surface area contributed by atoms with Crippen LogP contribution in [-0.2, 0) is 11.2 Å². The summed E-state index contributed by atoms with van der Waals surface area (Å²) in [5, 5.41) is 3.27. The van der Waals surface area contributed by atoms with Gasteiger partial charge in [-0.2, -0.15) is 0 Å². The molecule has 6 bridgehead atoms. The van der Waals surface area contributed by atoms with Crippen LogP contribution in [0.2, 0.25) is 0 Å². The van der Waals surface area contributed by atoms with E-state index in [0.717, 1.165) is 42.6 Å². The van der Waals surface area contributed by atoms with Gasteiger partial charge in [-0.3, -0.25) is 14.5 Å². The van der Waals surface area contributed by atoms with E-state index >= 15 is 0 Å². The lowest BCUT2D eigenvalue weighted by Gasteiger charge is -2.39. The van der Waals surface area contributed by atoms with Crippen molar-refractivity contribution in [1.82, 2.24) is 10.2 Å². The Hall–Kier alpha value is -3.55. The Balaban J connectivity index is 0.00000151. The molecule has 2 aromatic rings. The predicted octanol–water partition coefficient (Wildman–Crippen LogP) is 5.21. The molecule has 5 aliphatic heterocycles. The molecule has 0 spiro atoms. The van der Waals surface area contributed by atoms with E-state index < -0.39 is 5.60 Å². The minimum absolute atomic E-state index is 0.0176. The van der Waals surface area contributed by atoms with E-state index in [0.29, 0.717) is 37.2 Å². The zero-order valence-corrected chi connectivity index (χ0v) is 23.5. The monoisotopic (exact) mass is 532 g/mol. The molecule has 8 nitrogen and oxygen atoms in total. The average Bonchev–Trinajstić information content (AvgIpc) is 2.91. The number of guanidine groups is 1. The Morgan fingerprint density at radius 1 is 1.03 bits per heavy atom. The Morgan fingerprint density at radius 2 is 1.82 bits per heavy atom. The van der Waals surface area contributed by atoms with Gasteiger partial charge >= 0.3 is 0 Å². The average molecular weight is 533 g/mol. The Bertz CT molecular complexity index is 1290. The first kappa shape index (κ1) is 27.0. The van der Waals surface area contributed by atoms with Crippen molar-refractivity contribution in [2.45, 2.75) is 96.4 Å². The number of nitrogens with zero attached hydrogens (tertiary/aromatic N) is 2. The van der Waals surface area contributed by atoms with Gasteiger partial charge in [-0.15, -0.1) is 0 Å². The van der Waals surface area contributed by atoms with Crippen LogP contribution in [-0.4, -0.2) is 40.9 Å². The number of fused-ring (bicyclic) bond motifs is 5. The first-order valence-corrected chi connectivity index (χ1v) is 14.3. The molecular weight excluding hydrogens is 492 g/mol. The van der Waals surface area contributed by atoms with Crippen LogP contribution in [0.4, 0.5) is 0 Å². The summed E-state index contributed by atoms with van der Waals surface area (Å²) in [7, 11) is 0. The molecule has 208 valence electrons. The van der Waals surface area contributed by atoms with Crippen molar-refractivity contribution in [3.63, 3.8) is 0 Å². The molecule has 0 fully saturated rings. The number of hydrogen-bond donors (Lipinski definition) is 2. The van der Waals surface area contributed by atoms with E-state index in [1.165, 1.54) is 5.56 Å². The van der Waals surface area contributed by atoms with Crippen molar-refractivity contribution >= 4 is 17.8 Å². The fourth-order valence-electron chi connectivity index (χ4n) is 6.15. The van der Waals surface area contributed by atoms with Gasteiger partial charge in [0.05, 0.1) is 24.7 Å². The molecule has 0 saturated heterocycles. The maximum atomic E-state index is 13.6. The minimum atomic E-state index is -0.401. The molecule has 39 heavy (non-hydrogen) atoms. The maximum Gasteiger partial charge on any atom is 0.251 e. The molecule has 5 aliphatic rings. The second kappa shape index (κ2) is 10.9. The molecule has 0 radical (unpaired) electrons. The van der Waals surface area contributed by atoms with Crippen LogP contribution in [0.3, 0.4) is 0 Å². The lowest BCUT2D eigenvalue weighted by atomic mass is 9.88. The smallest absolute Gasteiger partial charge is 0.251 e. The standard InChI is InChI=1S/C29H34N4O4.C2H6/c1-29(2)16-22-20-13-17(7-9-25(20)37-29)5-3-4-6-19-15-26(34)33(28(30)31-19)23-11-12-36-24-10-8-18(14-21(23)24)27(35)32-22;1-2/h7-10,13-14,19,22-23H,3-6,11-12,15-16H2,1-2H3,(H2,30,31)(H,32,35);1-2H3/t19?,22?,23-;/m1./s1. The van der Waals surface area contributed by atoms with Crippen molar-refractivity contribution in [2.75, 3.05) is 6.61 Å². The summed E-state index contributed by atoms with van der Waals surface area (Å²) in [6.45, 7) is 8.57. The highest BCUT2D eigenvalue weighted by Gasteiger charge is 2.38. The molecule has 2 aromatic carbocycles. The highest BCUT2D eigenvalue weighted by molar-refractivity contribution is 5.99. The third-order valence-corrected chi connectivity index (χ3v) is 7.92. The summed E-state index contributed by atoms with van der Waals surface area (Å²) in [6.07, 6.45) is 5.30. The zero-order chi connectivity index (χ0) is 27.7. The summed E-state index contributed by atoms with van der Waals surface area (Å²) >= 11 is 0. The van der Waals surface area contributed by atoms with E-state index in [1.807, 2.05) is 32.0 Å². The quantitative estimate of drug-likeness (QED) is 0.484. The number of aryl methyl sites for hydroxylation is 1. The van der Waals surface area contributed by atoms with Gasteiger partial charge in [-0.1, -0.05) is 32.4 Å². The van der Waals surface area contributed by atoms with Gasteiger partial charge in [-0.05, 0) is 62.9 Å². The van der Waals surface area contributed by atoms with Crippen LogP contribution in [0.25, 0.3) is 0 Å². The van der Waals surface area contributed by atoms with Crippen molar-refractivity contribution in [3.8, 4) is 11.5 Å². The second-order valence-electron chi connectivity index (χ2n) is 11.2. The van der Waals surface area contributed by atoms with Crippen LogP contribution in [0, 0.1) is 0 Å². The summed E-state index contributed by atoms with van der Waals surface area (Å²) in [5.41, 5.74) is 9.53. The van der Waals surface area contributed by atoms with Crippen LogP contribution >= 0.6 is 0 Å². The number of ether oxygens (including phenoxy) is 2. The fraction of sp³-hybridized carbons (Fsp3) is 0.516. The van der Waals surface area contributed by atoms with Crippen molar-refractivity contribution in [1.29, 1.82) is 0 Å². The lowest BCUT2D eigenvalue weighted by molar-refractivity contribution is -0.130. The summed E-state index contributed by atoms with van der Waals surface area (Å²) in [4.78, 5) is 33.2. The Kier molecular flexibility index (Phi) is 7.56. The van der Waals surface area contributed by atoms with Gasteiger partial charge in [0.1, 0.15) is 17.1 Å². The Labute approximate surface area is 230 Å².